The summed E-state index contributed by atoms with van der Waals surface area (Å²) in [6.07, 6.45) is 7.24. The Labute approximate surface area is 297 Å². The van der Waals surface area contributed by atoms with E-state index in [1.165, 1.54) is 5.56 Å². The number of ether oxygens (including phenoxy) is 1. The molecule has 11 heteroatoms. The molecule has 2 aliphatic carbocycles. The molecular formula is C39H58F2N6O3. The van der Waals surface area contributed by atoms with Crippen molar-refractivity contribution in [3.8, 4) is 0 Å². The Morgan fingerprint density at radius 1 is 1.08 bits per heavy atom. The molecule has 276 valence electrons. The van der Waals surface area contributed by atoms with E-state index in [9.17, 15) is 18.4 Å². The Kier molecular flexibility index (Phi) is 13.2. The summed E-state index contributed by atoms with van der Waals surface area (Å²) >= 11 is 0. The number of amides is 2. The molecule has 1 unspecified atom stereocenters. The summed E-state index contributed by atoms with van der Waals surface area (Å²) in [5, 5.41) is 3.23. The van der Waals surface area contributed by atoms with Crippen LogP contribution in [-0.4, -0.2) is 95.1 Å². The number of rotatable bonds is 13. The van der Waals surface area contributed by atoms with Crippen LogP contribution in [0.4, 0.5) is 13.6 Å². The number of piperazine rings is 1. The molecule has 2 aromatic rings. The second kappa shape index (κ2) is 17.4. The average molecular weight is 697 g/mol. The summed E-state index contributed by atoms with van der Waals surface area (Å²) in [7, 11) is 0. The van der Waals surface area contributed by atoms with Crippen molar-refractivity contribution in [3.63, 3.8) is 0 Å². The molecule has 1 aromatic carbocycles. The molecule has 3 N–H and O–H groups in total. The predicted octanol–water partition coefficient (Wildman–Crippen LogP) is 6.49. The van der Waals surface area contributed by atoms with Gasteiger partial charge in [-0.05, 0) is 102 Å². The van der Waals surface area contributed by atoms with Crippen LogP contribution >= 0.6 is 0 Å². The number of nitrogens with zero attached hydrogens (tertiary/aromatic N) is 4. The van der Waals surface area contributed by atoms with Gasteiger partial charge in [-0.1, -0.05) is 36.4 Å². The van der Waals surface area contributed by atoms with E-state index < -0.39 is 17.4 Å². The molecule has 0 radical (unpaired) electrons. The van der Waals surface area contributed by atoms with Crippen LogP contribution in [0.5, 0.6) is 0 Å². The number of aromatic nitrogens is 1. The number of hydrogen-bond donors (Lipinski definition) is 2. The van der Waals surface area contributed by atoms with Crippen molar-refractivity contribution in [3.05, 3.63) is 65.5 Å². The van der Waals surface area contributed by atoms with Gasteiger partial charge >= 0.3 is 6.09 Å². The Bertz CT molecular complexity index is 1380. The van der Waals surface area contributed by atoms with Crippen LogP contribution in [0.15, 0.2) is 48.7 Å². The lowest BCUT2D eigenvalue weighted by atomic mass is 9.86. The van der Waals surface area contributed by atoms with Gasteiger partial charge in [-0.15, -0.1) is 0 Å². The minimum Gasteiger partial charge on any atom is -0.444 e. The number of fused-ring (bicyclic) bond motifs is 1. The molecule has 2 amide bonds. The van der Waals surface area contributed by atoms with Crippen molar-refractivity contribution in [2.45, 2.75) is 115 Å². The summed E-state index contributed by atoms with van der Waals surface area (Å²) in [4.78, 5) is 38.7. The number of pyridine rings is 1. The number of benzene rings is 1. The van der Waals surface area contributed by atoms with Crippen molar-refractivity contribution in [1.82, 2.24) is 25.0 Å². The van der Waals surface area contributed by atoms with Gasteiger partial charge in [0.1, 0.15) is 5.60 Å². The number of halogens is 2. The largest absolute Gasteiger partial charge is 0.444 e. The first-order chi connectivity index (χ1) is 23.9. The van der Waals surface area contributed by atoms with Gasteiger partial charge < -0.3 is 20.7 Å². The summed E-state index contributed by atoms with van der Waals surface area (Å²) < 4.78 is 33.6. The standard InChI is InChI=1S/C39H58F2N6O3/c1-38(2,3)50-37(49)47-26-25-45(24-18-33(29-11-5-4-6-12-29)44-36(48)31-16-19-39(40,41)20-17-31)27-32(47)28-46(23-8-7-21-42)34-15-9-13-30-14-10-22-43-35(30)34/h4-6,10-12,14,22,31-34H,7-9,13,15-21,23-28,42H2,1-3H3,(H,44,48)/t32?,33-,34-/m0/s1. The van der Waals surface area contributed by atoms with Gasteiger partial charge in [0.15, 0.2) is 0 Å². The lowest BCUT2D eigenvalue weighted by molar-refractivity contribution is -0.130. The summed E-state index contributed by atoms with van der Waals surface area (Å²) in [6.45, 7) is 10.5. The molecule has 5 rings (SSSR count). The molecule has 1 saturated carbocycles. The maximum Gasteiger partial charge on any atom is 0.410 e. The lowest BCUT2D eigenvalue weighted by Crippen LogP contribution is -2.60. The second-order valence-corrected chi connectivity index (χ2v) is 15.5. The molecule has 3 aliphatic rings. The first-order valence-corrected chi connectivity index (χ1v) is 18.8. The zero-order chi connectivity index (χ0) is 35.7. The summed E-state index contributed by atoms with van der Waals surface area (Å²) in [5.74, 6) is -3.21. The van der Waals surface area contributed by atoms with Crippen molar-refractivity contribution in [2.24, 2.45) is 11.7 Å². The Morgan fingerprint density at radius 2 is 1.84 bits per heavy atom. The molecule has 0 spiro atoms. The number of hydrogen-bond acceptors (Lipinski definition) is 7. The van der Waals surface area contributed by atoms with E-state index in [2.05, 4.69) is 21.2 Å². The third-order valence-electron chi connectivity index (χ3n) is 10.5. The SMILES string of the molecule is CC(C)(C)OC(=O)N1CCN(CC[C@H](NC(=O)C2CCC(F)(F)CC2)c2ccccc2)CC1CN(CCCCN)[C@H]1CCCc2cccnc21. The van der Waals surface area contributed by atoms with Crippen molar-refractivity contribution in [1.29, 1.82) is 0 Å². The van der Waals surface area contributed by atoms with E-state index in [0.717, 1.165) is 49.9 Å². The summed E-state index contributed by atoms with van der Waals surface area (Å²) in [5.41, 5.74) is 8.75. The molecule has 9 nitrogen and oxygen atoms in total. The van der Waals surface area contributed by atoms with Crippen molar-refractivity contribution < 1.29 is 23.1 Å². The number of nitrogens with one attached hydrogen (secondary N) is 1. The number of aryl methyl sites for hydroxylation is 1. The van der Waals surface area contributed by atoms with Gasteiger partial charge in [-0.2, -0.15) is 0 Å². The van der Waals surface area contributed by atoms with E-state index in [-0.39, 0.29) is 55.8 Å². The molecule has 1 aromatic heterocycles. The zero-order valence-electron chi connectivity index (χ0n) is 30.3. The highest BCUT2D eigenvalue weighted by molar-refractivity contribution is 5.79. The van der Waals surface area contributed by atoms with Crippen LogP contribution in [0.25, 0.3) is 0 Å². The van der Waals surface area contributed by atoms with Gasteiger partial charge in [-0.3, -0.25) is 19.6 Å². The third-order valence-corrected chi connectivity index (χ3v) is 10.5. The minimum atomic E-state index is -2.68. The maximum atomic E-state index is 13.8. The normalized spacial score (nSPS) is 22.2. The maximum absolute atomic E-state index is 13.8. The number of nitrogens with two attached hydrogens (primary N) is 1. The van der Waals surface area contributed by atoms with Crippen LogP contribution < -0.4 is 11.1 Å². The van der Waals surface area contributed by atoms with Crippen molar-refractivity contribution in [2.75, 3.05) is 45.8 Å². The number of carbonyl (C=O) groups excluding carboxylic acids is 2. The molecular weight excluding hydrogens is 638 g/mol. The minimum absolute atomic E-state index is 0.112. The Balaban J connectivity index is 1.32. The van der Waals surface area contributed by atoms with Gasteiger partial charge in [-0.25, -0.2) is 13.6 Å². The zero-order valence-corrected chi connectivity index (χ0v) is 30.3. The number of unbranched alkanes of at least 4 members (excludes halogenated alkanes) is 1. The highest BCUT2D eigenvalue weighted by Crippen LogP contribution is 2.37. The van der Waals surface area contributed by atoms with Gasteiger partial charge in [0.05, 0.1) is 23.8 Å². The fraction of sp³-hybridized carbons (Fsp3) is 0.667. The van der Waals surface area contributed by atoms with Crippen LogP contribution in [0, 0.1) is 5.92 Å². The van der Waals surface area contributed by atoms with E-state index in [0.29, 0.717) is 45.7 Å². The summed E-state index contributed by atoms with van der Waals surface area (Å²) in [6, 6.07) is 13.9. The smallest absolute Gasteiger partial charge is 0.410 e. The fourth-order valence-corrected chi connectivity index (χ4v) is 7.80. The topological polar surface area (TPSA) is 104 Å². The first-order valence-electron chi connectivity index (χ1n) is 18.8. The van der Waals surface area contributed by atoms with E-state index in [1.54, 1.807) is 0 Å². The molecule has 1 saturated heterocycles. The van der Waals surface area contributed by atoms with E-state index in [1.807, 2.05) is 68.3 Å². The molecule has 1 aliphatic heterocycles. The fourth-order valence-electron chi connectivity index (χ4n) is 7.80. The third kappa shape index (κ3) is 10.7. The molecule has 50 heavy (non-hydrogen) atoms. The highest BCUT2D eigenvalue weighted by Gasteiger charge is 2.39. The van der Waals surface area contributed by atoms with E-state index in [4.69, 9.17) is 15.5 Å². The molecule has 3 atom stereocenters. The van der Waals surface area contributed by atoms with Gasteiger partial charge in [0, 0.05) is 57.7 Å². The Hall–Kier alpha value is -3.15. The van der Waals surface area contributed by atoms with Crippen LogP contribution in [0.1, 0.15) is 107 Å². The second-order valence-electron chi connectivity index (χ2n) is 15.5. The predicted molar refractivity (Wildman–Crippen MR) is 192 cm³/mol. The number of carbonyl (C=O) groups is 2. The molecule has 2 heterocycles. The van der Waals surface area contributed by atoms with E-state index >= 15 is 0 Å². The van der Waals surface area contributed by atoms with Gasteiger partial charge in [0.25, 0.3) is 0 Å². The molecule has 0 bridgehead atoms. The van der Waals surface area contributed by atoms with Crippen LogP contribution in [-0.2, 0) is 16.0 Å². The first kappa shape index (κ1) is 38.1. The van der Waals surface area contributed by atoms with Crippen LogP contribution in [0.2, 0.25) is 0 Å². The molecule has 2 fully saturated rings. The number of alkyl halides is 2. The lowest BCUT2D eigenvalue weighted by Gasteiger charge is -2.45. The van der Waals surface area contributed by atoms with Crippen molar-refractivity contribution >= 4 is 12.0 Å². The average Bonchev–Trinajstić information content (AvgIpc) is 3.09. The highest BCUT2D eigenvalue weighted by atomic mass is 19.3. The van der Waals surface area contributed by atoms with Crippen LogP contribution in [0.3, 0.4) is 0 Å². The van der Waals surface area contributed by atoms with Gasteiger partial charge in [0.2, 0.25) is 11.8 Å². The quantitative estimate of drug-likeness (QED) is 0.231. The monoisotopic (exact) mass is 696 g/mol. The Morgan fingerprint density at radius 3 is 2.56 bits per heavy atom.